The summed E-state index contributed by atoms with van der Waals surface area (Å²) in [6.07, 6.45) is 7.13. The van der Waals surface area contributed by atoms with Crippen LogP contribution < -0.4 is 5.73 Å². The van der Waals surface area contributed by atoms with E-state index in [-0.39, 0.29) is 18.1 Å². The molecule has 18 heavy (non-hydrogen) atoms. The van der Waals surface area contributed by atoms with Crippen molar-refractivity contribution in [2.75, 3.05) is 19.7 Å². The van der Waals surface area contributed by atoms with Crippen LogP contribution >= 0.6 is 0 Å². The molecule has 1 saturated carbocycles. The lowest BCUT2D eigenvalue weighted by molar-refractivity contribution is -0.148. The Morgan fingerprint density at radius 2 is 1.94 bits per heavy atom. The van der Waals surface area contributed by atoms with Crippen LogP contribution in [-0.4, -0.2) is 42.6 Å². The third kappa shape index (κ3) is 3.23. The van der Waals surface area contributed by atoms with Crippen molar-refractivity contribution in [1.82, 2.24) is 4.90 Å². The summed E-state index contributed by atoms with van der Waals surface area (Å²) in [5, 5.41) is 0. The quantitative estimate of drug-likeness (QED) is 0.760. The van der Waals surface area contributed by atoms with Gasteiger partial charge in [0.1, 0.15) is 0 Å². The maximum Gasteiger partial charge on any atom is 0.226 e. The summed E-state index contributed by atoms with van der Waals surface area (Å²) in [7, 11) is 0. The van der Waals surface area contributed by atoms with Crippen molar-refractivity contribution in [3.8, 4) is 0 Å². The summed E-state index contributed by atoms with van der Waals surface area (Å²) in [6, 6.07) is 0.198. The van der Waals surface area contributed by atoms with Crippen molar-refractivity contribution in [2.45, 2.75) is 57.6 Å². The average molecular weight is 254 g/mol. The van der Waals surface area contributed by atoms with E-state index in [9.17, 15) is 4.79 Å². The van der Waals surface area contributed by atoms with Crippen LogP contribution in [0.15, 0.2) is 0 Å². The van der Waals surface area contributed by atoms with Gasteiger partial charge in [0.2, 0.25) is 5.91 Å². The van der Waals surface area contributed by atoms with Crippen molar-refractivity contribution < 1.29 is 9.53 Å². The zero-order chi connectivity index (χ0) is 13.0. The van der Waals surface area contributed by atoms with Crippen LogP contribution in [0.25, 0.3) is 0 Å². The second kappa shape index (κ2) is 6.53. The molecule has 2 unspecified atom stereocenters. The van der Waals surface area contributed by atoms with Crippen LogP contribution in [0, 0.1) is 5.92 Å². The van der Waals surface area contributed by atoms with Gasteiger partial charge >= 0.3 is 0 Å². The predicted octanol–water partition coefficient (Wildman–Crippen LogP) is 1.53. The van der Waals surface area contributed by atoms with Crippen LogP contribution in [0.1, 0.15) is 45.4 Å². The standard InChI is InChI=1S/C14H26N2O2/c1-11-10-18-13(8-15)9-16(11)14(17)12-6-4-2-3-5-7-12/h11-13H,2-10,15H2,1H3. The Bertz CT molecular complexity index is 275. The predicted molar refractivity (Wildman–Crippen MR) is 71.2 cm³/mol. The monoisotopic (exact) mass is 254 g/mol. The highest BCUT2D eigenvalue weighted by Crippen LogP contribution is 2.26. The zero-order valence-corrected chi connectivity index (χ0v) is 11.4. The number of ether oxygens (including phenoxy) is 1. The van der Waals surface area contributed by atoms with Crippen LogP contribution in [0.3, 0.4) is 0 Å². The second-order valence-corrected chi connectivity index (χ2v) is 5.72. The number of morpholine rings is 1. The van der Waals surface area contributed by atoms with Gasteiger partial charge in [0, 0.05) is 19.0 Å². The number of amides is 1. The molecule has 1 aliphatic carbocycles. The van der Waals surface area contributed by atoms with Gasteiger partial charge in [0.05, 0.1) is 18.8 Å². The van der Waals surface area contributed by atoms with E-state index in [2.05, 4.69) is 6.92 Å². The van der Waals surface area contributed by atoms with E-state index in [4.69, 9.17) is 10.5 Å². The molecule has 1 saturated heterocycles. The zero-order valence-electron chi connectivity index (χ0n) is 11.4. The van der Waals surface area contributed by atoms with Crippen molar-refractivity contribution in [1.29, 1.82) is 0 Å². The lowest BCUT2D eigenvalue weighted by Crippen LogP contribution is -2.54. The second-order valence-electron chi connectivity index (χ2n) is 5.72. The largest absolute Gasteiger partial charge is 0.373 e. The lowest BCUT2D eigenvalue weighted by atomic mass is 9.97. The Kier molecular flexibility index (Phi) is 5.01. The molecule has 0 aromatic rings. The van der Waals surface area contributed by atoms with Gasteiger partial charge in [-0.2, -0.15) is 0 Å². The summed E-state index contributed by atoms with van der Waals surface area (Å²) in [4.78, 5) is 14.6. The van der Waals surface area contributed by atoms with Crippen molar-refractivity contribution >= 4 is 5.91 Å². The molecule has 1 heterocycles. The highest BCUT2D eigenvalue weighted by Gasteiger charge is 2.32. The number of hydrogen-bond acceptors (Lipinski definition) is 3. The van der Waals surface area contributed by atoms with Crippen molar-refractivity contribution in [3.05, 3.63) is 0 Å². The van der Waals surface area contributed by atoms with Crippen molar-refractivity contribution in [3.63, 3.8) is 0 Å². The molecule has 0 aromatic carbocycles. The fraction of sp³-hybridized carbons (Fsp3) is 0.929. The molecule has 2 atom stereocenters. The number of nitrogens with zero attached hydrogens (tertiary/aromatic N) is 1. The first-order valence-electron chi connectivity index (χ1n) is 7.34. The van der Waals surface area contributed by atoms with E-state index in [0.717, 1.165) is 12.8 Å². The summed E-state index contributed by atoms with van der Waals surface area (Å²) >= 11 is 0. The van der Waals surface area contributed by atoms with E-state index in [1.54, 1.807) is 0 Å². The van der Waals surface area contributed by atoms with Crippen LogP contribution in [0.5, 0.6) is 0 Å². The van der Waals surface area contributed by atoms with Crippen LogP contribution in [-0.2, 0) is 9.53 Å². The third-order valence-electron chi connectivity index (χ3n) is 4.26. The first-order valence-corrected chi connectivity index (χ1v) is 7.34. The molecule has 4 nitrogen and oxygen atoms in total. The van der Waals surface area contributed by atoms with Gasteiger partial charge in [-0.3, -0.25) is 4.79 Å². The minimum absolute atomic E-state index is 0.0240. The van der Waals surface area contributed by atoms with Gasteiger partial charge in [0.25, 0.3) is 0 Å². The first-order chi connectivity index (χ1) is 8.72. The molecular formula is C14H26N2O2. The normalized spacial score (nSPS) is 31.1. The van der Waals surface area contributed by atoms with Gasteiger partial charge < -0.3 is 15.4 Å². The van der Waals surface area contributed by atoms with Gasteiger partial charge in [-0.05, 0) is 19.8 Å². The van der Waals surface area contributed by atoms with E-state index in [1.165, 1.54) is 25.7 Å². The fourth-order valence-electron chi connectivity index (χ4n) is 3.03. The topological polar surface area (TPSA) is 55.6 Å². The van der Waals surface area contributed by atoms with E-state index < -0.39 is 0 Å². The molecule has 0 aromatic heterocycles. The number of carbonyl (C=O) groups is 1. The summed E-state index contributed by atoms with van der Waals surface area (Å²) < 4.78 is 5.61. The molecule has 2 aliphatic rings. The molecule has 2 N–H and O–H groups in total. The fourth-order valence-corrected chi connectivity index (χ4v) is 3.03. The Labute approximate surface area is 110 Å². The lowest BCUT2D eigenvalue weighted by Gasteiger charge is -2.39. The van der Waals surface area contributed by atoms with E-state index >= 15 is 0 Å². The van der Waals surface area contributed by atoms with Gasteiger partial charge in [-0.1, -0.05) is 25.7 Å². The highest BCUT2D eigenvalue weighted by atomic mass is 16.5. The molecular weight excluding hydrogens is 228 g/mol. The molecule has 104 valence electrons. The number of hydrogen-bond donors (Lipinski definition) is 1. The third-order valence-corrected chi connectivity index (χ3v) is 4.26. The molecule has 0 spiro atoms. The Morgan fingerprint density at radius 3 is 2.56 bits per heavy atom. The Hall–Kier alpha value is -0.610. The maximum atomic E-state index is 12.6. The molecule has 1 amide bonds. The molecule has 2 fully saturated rings. The van der Waals surface area contributed by atoms with Gasteiger partial charge in [-0.25, -0.2) is 0 Å². The summed E-state index contributed by atoms with van der Waals surface area (Å²) in [5.74, 6) is 0.581. The smallest absolute Gasteiger partial charge is 0.226 e. The minimum atomic E-state index is 0.0240. The van der Waals surface area contributed by atoms with Gasteiger partial charge in [-0.15, -0.1) is 0 Å². The Morgan fingerprint density at radius 1 is 1.28 bits per heavy atom. The SMILES string of the molecule is CC1COC(CN)CN1C(=O)C1CCCCCC1. The number of carbonyl (C=O) groups excluding carboxylic acids is 1. The van der Waals surface area contributed by atoms with Crippen molar-refractivity contribution in [2.24, 2.45) is 11.7 Å². The molecule has 1 aliphatic heterocycles. The average Bonchev–Trinajstić information content (AvgIpc) is 2.67. The molecule has 0 bridgehead atoms. The molecule has 2 rings (SSSR count). The van der Waals surface area contributed by atoms with E-state index in [0.29, 0.717) is 25.6 Å². The number of rotatable bonds is 2. The number of nitrogens with two attached hydrogens (primary N) is 1. The van der Waals surface area contributed by atoms with E-state index in [1.807, 2.05) is 4.90 Å². The summed E-state index contributed by atoms with van der Waals surface area (Å²) in [6.45, 7) is 3.87. The molecule has 0 radical (unpaired) electrons. The maximum absolute atomic E-state index is 12.6. The van der Waals surface area contributed by atoms with Gasteiger partial charge in [0.15, 0.2) is 0 Å². The van der Waals surface area contributed by atoms with Crippen LogP contribution in [0.4, 0.5) is 0 Å². The minimum Gasteiger partial charge on any atom is -0.373 e. The summed E-state index contributed by atoms with van der Waals surface area (Å²) in [5.41, 5.74) is 5.65. The molecule has 4 heteroatoms. The van der Waals surface area contributed by atoms with Crippen LogP contribution in [0.2, 0.25) is 0 Å². The Balaban J connectivity index is 1.96. The highest BCUT2D eigenvalue weighted by molar-refractivity contribution is 5.79. The first kappa shape index (κ1) is 13.8.